The highest BCUT2D eigenvalue weighted by molar-refractivity contribution is 8.77. The van der Waals surface area contributed by atoms with E-state index >= 15 is 0 Å². The summed E-state index contributed by atoms with van der Waals surface area (Å²) in [6, 6.07) is 9.40. The fourth-order valence-electron chi connectivity index (χ4n) is 8.93. The van der Waals surface area contributed by atoms with Gasteiger partial charge < -0.3 is 29.8 Å². The minimum Gasteiger partial charge on any atom is -0.481 e. The number of nitrogens with two attached hydrogens (primary N) is 1. The molecule has 3 aromatic rings. The second-order valence-corrected chi connectivity index (χ2v) is 17.1. The van der Waals surface area contributed by atoms with E-state index in [2.05, 4.69) is 21.3 Å². The second kappa shape index (κ2) is 12.5. The topological polar surface area (TPSA) is 137 Å². The van der Waals surface area contributed by atoms with E-state index in [1.165, 1.54) is 6.07 Å². The lowest BCUT2D eigenvalue weighted by atomic mass is 9.61. The Labute approximate surface area is 299 Å². The third-order valence-electron chi connectivity index (χ3n) is 11.8. The van der Waals surface area contributed by atoms with Gasteiger partial charge in [0.2, 0.25) is 5.91 Å². The highest BCUT2D eigenvalue weighted by Crippen LogP contribution is 2.59. The fraction of sp³-hybridized carbons (Fsp3) is 0.474. The van der Waals surface area contributed by atoms with Crippen molar-refractivity contribution in [2.45, 2.75) is 87.3 Å². The van der Waals surface area contributed by atoms with Gasteiger partial charge in [0.05, 0.1) is 18.4 Å². The Hall–Kier alpha value is -3.74. The zero-order valence-electron chi connectivity index (χ0n) is 28.7. The van der Waals surface area contributed by atoms with Crippen molar-refractivity contribution in [3.63, 3.8) is 0 Å². The Morgan fingerprint density at radius 2 is 2.04 bits per heavy atom. The molecule has 0 bridgehead atoms. The van der Waals surface area contributed by atoms with Crippen LogP contribution in [0.4, 0.5) is 5.82 Å². The van der Waals surface area contributed by atoms with Crippen LogP contribution in [0.25, 0.3) is 11.0 Å². The largest absolute Gasteiger partial charge is 0.481 e. The predicted octanol–water partition coefficient (Wildman–Crippen LogP) is 5.34. The molecule has 5 heterocycles. The number of ether oxygens (including phenoxy) is 2. The van der Waals surface area contributed by atoms with Crippen LogP contribution in [0.3, 0.4) is 0 Å². The number of rotatable bonds is 3. The Morgan fingerprint density at radius 1 is 1.20 bits per heavy atom. The molecule has 1 spiro atoms. The molecule has 1 saturated heterocycles. The maximum absolute atomic E-state index is 14.2. The summed E-state index contributed by atoms with van der Waals surface area (Å²) in [4.78, 5) is 46.6. The van der Waals surface area contributed by atoms with Crippen LogP contribution in [0, 0.1) is 5.92 Å². The molecular weight excluding hydrogens is 673 g/mol. The lowest BCUT2D eigenvalue weighted by Crippen LogP contribution is -2.69. The number of carbonyl (C=O) groups is 2. The van der Waals surface area contributed by atoms with Crippen molar-refractivity contribution in [2.75, 3.05) is 25.1 Å². The molecule has 50 heavy (non-hydrogen) atoms. The number of amides is 1. The molecule has 1 aromatic carbocycles. The number of pyridine rings is 1. The summed E-state index contributed by atoms with van der Waals surface area (Å²) >= 11 is 0. The average Bonchev–Trinajstić information content (AvgIpc) is 3.45. The number of aromatic nitrogens is 1. The molecule has 3 aliphatic heterocycles. The van der Waals surface area contributed by atoms with Crippen molar-refractivity contribution >= 4 is 50.3 Å². The number of carbonyl (C=O) groups excluding carboxylic acids is 2. The quantitative estimate of drug-likeness (QED) is 0.120. The van der Waals surface area contributed by atoms with E-state index in [9.17, 15) is 14.4 Å². The Bertz CT molecular complexity index is 2030. The summed E-state index contributed by atoms with van der Waals surface area (Å²) in [6.45, 7) is 6.25. The predicted molar refractivity (Wildman–Crippen MR) is 196 cm³/mol. The van der Waals surface area contributed by atoms with Gasteiger partial charge in [0.25, 0.3) is 0 Å². The zero-order chi connectivity index (χ0) is 34.9. The zero-order valence-corrected chi connectivity index (χ0v) is 30.3. The van der Waals surface area contributed by atoms with E-state index in [0.717, 1.165) is 47.0 Å². The van der Waals surface area contributed by atoms with Gasteiger partial charge in [-0.25, -0.2) is 14.6 Å². The smallest absolute Gasteiger partial charge is 0.336 e. The summed E-state index contributed by atoms with van der Waals surface area (Å²) in [5, 5.41) is 4.61. The number of allylic oxidation sites excluding steroid dienone is 1. The highest BCUT2D eigenvalue weighted by Gasteiger charge is 2.64. The van der Waals surface area contributed by atoms with Crippen LogP contribution >= 0.6 is 21.6 Å². The van der Waals surface area contributed by atoms with Gasteiger partial charge in [-0.15, -0.1) is 0 Å². The van der Waals surface area contributed by atoms with Gasteiger partial charge in [0.15, 0.2) is 11.2 Å². The van der Waals surface area contributed by atoms with Gasteiger partial charge in [-0.2, -0.15) is 0 Å². The molecule has 2 fully saturated rings. The summed E-state index contributed by atoms with van der Waals surface area (Å²) in [5.41, 5.74) is 8.35. The van der Waals surface area contributed by atoms with Crippen molar-refractivity contribution in [3.05, 3.63) is 86.9 Å². The normalized spacial score (nSPS) is 32.0. The Morgan fingerprint density at radius 3 is 2.84 bits per heavy atom. The lowest BCUT2D eigenvalue weighted by Gasteiger charge is -2.57. The number of hydrogen-bond acceptors (Lipinski definition) is 11. The maximum atomic E-state index is 14.2. The first-order chi connectivity index (χ1) is 24.0. The molecule has 8 rings (SSSR count). The second-order valence-electron chi connectivity index (χ2n) is 14.5. The number of nitrogens with zero attached hydrogens (tertiary/aromatic N) is 2. The van der Waals surface area contributed by atoms with E-state index < -0.39 is 28.7 Å². The van der Waals surface area contributed by atoms with Gasteiger partial charge >= 0.3 is 11.6 Å². The van der Waals surface area contributed by atoms with E-state index in [-0.39, 0.29) is 18.4 Å². The molecule has 1 saturated carbocycles. The average molecular weight is 715 g/mol. The van der Waals surface area contributed by atoms with E-state index in [1.54, 1.807) is 31.3 Å². The third-order valence-corrected chi connectivity index (χ3v) is 14.6. The molecule has 5 aliphatic rings. The number of benzene rings is 1. The van der Waals surface area contributed by atoms with Crippen LogP contribution in [0.15, 0.2) is 69.0 Å². The van der Waals surface area contributed by atoms with Crippen LogP contribution in [-0.4, -0.2) is 69.6 Å². The van der Waals surface area contributed by atoms with Crippen LogP contribution in [0.5, 0.6) is 5.75 Å². The first-order valence-corrected chi connectivity index (χ1v) is 19.7. The fourth-order valence-corrected chi connectivity index (χ4v) is 12.1. The first kappa shape index (κ1) is 33.4. The van der Waals surface area contributed by atoms with Crippen molar-refractivity contribution in [3.8, 4) is 5.75 Å². The van der Waals surface area contributed by atoms with Crippen molar-refractivity contribution in [2.24, 2.45) is 5.92 Å². The number of fused-ring (bicyclic) bond motifs is 6. The van der Waals surface area contributed by atoms with Crippen LogP contribution in [0.2, 0.25) is 0 Å². The minimum absolute atomic E-state index is 0.0807. The van der Waals surface area contributed by atoms with Crippen LogP contribution in [0.1, 0.15) is 62.6 Å². The molecule has 12 heteroatoms. The molecule has 2 aliphatic carbocycles. The third kappa shape index (κ3) is 5.28. The molecule has 1 amide bonds. The van der Waals surface area contributed by atoms with E-state index in [1.807, 2.05) is 54.6 Å². The molecule has 262 valence electrons. The lowest BCUT2D eigenvalue weighted by molar-refractivity contribution is -0.183. The number of nitrogen functional groups attached to an aromatic ring is 1. The van der Waals surface area contributed by atoms with E-state index in [0.29, 0.717) is 58.5 Å². The molecule has 3 N–H and O–H groups in total. The van der Waals surface area contributed by atoms with Gasteiger partial charge in [-0.3, -0.25) is 4.79 Å². The SMILES string of the molecule is CC=C(C)C(=O)OC1(C)CC=C2CSSC3CCC(NC)C4CN(C(=O)Cc5cnc(N)cc5C2C12Cc1cc5ccc(=O)oc5cc1O2)C34. The molecule has 10 nitrogen and oxygen atoms in total. The number of anilines is 1. The Kier molecular flexibility index (Phi) is 8.34. The van der Waals surface area contributed by atoms with Crippen molar-refractivity contribution < 1.29 is 23.5 Å². The summed E-state index contributed by atoms with van der Waals surface area (Å²) in [6.07, 6.45) is 8.83. The van der Waals surface area contributed by atoms with Crippen molar-refractivity contribution in [1.29, 1.82) is 0 Å². The standard InChI is InChI=1S/C38H42N4O6S2/c1-5-20(2)36(45)48-37(3)11-10-22-19-49-50-30-8-7-27(40-4)26-18-42(35(26)30)32(43)13-24-17-41-31(39)14-25(24)34(22)38(37)16-23-12-21-6-9-33(44)46-28(21)15-29(23)47-38/h5-6,9-10,12,14-15,17,26-27,30,34-35,40H,7-8,11,13,16,18-19H2,1-4H3,(H2,39,41). The van der Waals surface area contributed by atoms with E-state index in [4.69, 9.17) is 19.6 Å². The summed E-state index contributed by atoms with van der Waals surface area (Å²) in [7, 11) is 5.74. The first-order valence-electron chi connectivity index (χ1n) is 17.3. The highest BCUT2D eigenvalue weighted by atomic mass is 33.1. The minimum atomic E-state index is -1.13. The summed E-state index contributed by atoms with van der Waals surface area (Å²) in [5.74, 6) is 1.28. The van der Waals surface area contributed by atoms with Crippen LogP contribution < -0.4 is 21.4 Å². The molecule has 7 unspecified atom stereocenters. The molecule has 2 aromatic heterocycles. The van der Waals surface area contributed by atoms with Crippen LogP contribution in [-0.2, 0) is 27.2 Å². The number of nitrogens with one attached hydrogen (secondary N) is 1. The number of esters is 1. The van der Waals surface area contributed by atoms with Crippen molar-refractivity contribution in [1.82, 2.24) is 15.2 Å². The Balaban J connectivity index is 1.29. The van der Waals surface area contributed by atoms with Gasteiger partial charge in [0, 0.05) is 71.6 Å². The maximum Gasteiger partial charge on any atom is 0.336 e. The summed E-state index contributed by atoms with van der Waals surface area (Å²) < 4.78 is 19.3. The van der Waals surface area contributed by atoms with Gasteiger partial charge in [0.1, 0.15) is 17.2 Å². The molecule has 7 atom stereocenters. The number of hydrogen-bond donors (Lipinski definition) is 2. The molecule has 0 radical (unpaired) electrons. The van der Waals surface area contributed by atoms with Gasteiger partial charge in [-0.05, 0) is 75.5 Å². The molecular formula is C38H42N4O6S2. The monoisotopic (exact) mass is 714 g/mol. The van der Waals surface area contributed by atoms with Gasteiger partial charge in [-0.1, -0.05) is 39.3 Å².